The fourth-order valence-electron chi connectivity index (χ4n) is 1.06. The maximum atomic E-state index is 11.6. The van der Waals surface area contributed by atoms with Crippen LogP contribution in [0.4, 0.5) is 0 Å². The number of amides is 2. The first kappa shape index (κ1) is 17.7. The van der Waals surface area contributed by atoms with Crippen LogP contribution >= 0.6 is 0 Å². The normalized spacial score (nSPS) is 13.2. The summed E-state index contributed by atoms with van der Waals surface area (Å²) in [6.07, 6.45) is 0. The summed E-state index contributed by atoms with van der Waals surface area (Å²) in [5.74, 6) is -1.78. The second-order valence-corrected chi connectivity index (χ2v) is 4.41. The Morgan fingerprint density at radius 3 is 1.95 bits per heavy atom. The first-order valence-corrected chi connectivity index (χ1v) is 5.65. The zero-order chi connectivity index (χ0) is 15.1. The Labute approximate surface area is 110 Å². The molecule has 0 rings (SSSR count). The molecule has 2 amide bonds. The Kier molecular flexibility index (Phi) is 7.49. The monoisotopic (exact) mass is 279 g/mol. The average Bonchev–Trinajstić information content (AvgIpc) is 2.43. The van der Waals surface area contributed by atoms with Crippen LogP contribution in [0.25, 0.3) is 0 Å². The van der Waals surface area contributed by atoms with E-state index in [1.165, 1.54) is 6.92 Å². The molecule has 1 unspecified atom stereocenters. The number of nitrogens with two attached hydrogens (primary N) is 1. The van der Waals surface area contributed by atoms with E-state index in [-0.39, 0.29) is 0 Å². The molecule has 0 saturated heterocycles. The van der Waals surface area contributed by atoms with Crippen molar-refractivity contribution in [3.8, 4) is 0 Å². The highest BCUT2D eigenvalue weighted by Crippen LogP contribution is 2.01. The lowest BCUT2D eigenvalue weighted by atomic mass is 10.0. The van der Waals surface area contributed by atoms with E-state index in [0.717, 1.165) is 0 Å². The van der Waals surface area contributed by atoms with Gasteiger partial charge in [-0.15, -0.1) is 0 Å². The van der Waals surface area contributed by atoms with Crippen LogP contribution in [-0.4, -0.2) is 76.3 Å². The lowest BCUT2D eigenvalue weighted by molar-refractivity contribution is -0.133. The van der Waals surface area contributed by atoms with Gasteiger partial charge in [0.15, 0.2) is 6.04 Å². The lowest BCUT2D eigenvalue weighted by Gasteiger charge is -2.27. The SMILES string of the molecule is CC(CO)(CO)NC(=O)C(N)C(=O)NC(CO)CO. The van der Waals surface area contributed by atoms with Crippen molar-refractivity contribution in [3.05, 3.63) is 0 Å². The van der Waals surface area contributed by atoms with E-state index in [0.29, 0.717) is 0 Å². The predicted octanol–water partition coefficient (Wildman–Crippen LogP) is -4.36. The van der Waals surface area contributed by atoms with Crippen LogP contribution in [0.5, 0.6) is 0 Å². The molecule has 112 valence electrons. The molecule has 1 atom stereocenters. The third-order valence-electron chi connectivity index (χ3n) is 2.48. The third kappa shape index (κ3) is 5.49. The Morgan fingerprint density at radius 2 is 1.58 bits per heavy atom. The summed E-state index contributed by atoms with van der Waals surface area (Å²) >= 11 is 0. The van der Waals surface area contributed by atoms with E-state index < -0.39 is 55.9 Å². The largest absolute Gasteiger partial charge is 0.394 e. The van der Waals surface area contributed by atoms with Crippen molar-refractivity contribution in [1.29, 1.82) is 0 Å². The molecule has 9 nitrogen and oxygen atoms in total. The average molecular weight is 279 g/mol. The molecular weight excluding hydrogens is 258 g/mol. The minimum absolute atomic E-state index is 0.498. The quantitative estimate of drug-likeness (QED) is 0.220. The summed E-state index contributed by atoms with van der Waals surface area (Å²) in [6.45, 7) is -0.679. The van der Waals surface area contributed by atoms with Gasteiger partial charge in [-0.3, -0.25) is 9.59 Å². The molecule has 19 heavy (non-hydrogen) atoms. The predicted molar refractivity (Wildman–Crippen MR) is 64.8 cm³/mol. The van der Waals surface area contributed by atoms with E-state index in [1.807, 2.05) is 0 Å². The molecule has 0 aliphatic heterocycles. The summed E-state index contributed by atoms with van der Waals surface area (Å²) in [6, 6.07) is -2.49. The van der Waals surface area contributed by atoms with Gasteiger partial charge >= 0.3 is 0 Å². The summed E-state index contributed by atoms with van der Waals surface area (Å²) in [4.78, 5) is 23.2. The number of aliphatic hydroxyl groups excluding tert-OH is 4. The number of hydrogen-bond acceptors (Lipinski definition) is 7. The van der Waals surface area contributed by atoms with Crippen LogP contribution in [0.3, 0.4) is 0 Å². The molecule has 9 heteroatoms. The molecule has 0 saturated carbocycles. The molecule has 0 fully saturated rings. The number of rotatable bonds is 8. The van der Waals surface area contributed by atoms with Crippen molar-refractivity contribution in [2.75, 3.05) is 26.4 Å². The zero-order valence-corrected chi connectivity index (χ0v) is 10.7. The summed E-state index contributed by atoms with van der Waals surface area (Å²) in [5.41, 5.74) is 4.10. The highest BCUT2D eigenvalue weighted by atomic mass is 16.3. The van der Waals surface area contributed by atoms with E-state index in [9.17, 15) is 9.59 Å². The number of hydrogen-bond donors (Lipinski definition) is 7. The summed E-state index contributed by atoms with van der Waals surface area (Å²) in [5, 5.41) is 39.9. The molecule has 0 aromatic rings. The van der Waals surface area contributed by atoms with Gasteiger partial charge in [-0.2, -0.15) is 0 Å². The molecule has 0 heterocycles. The third-order valence-corrected chi connectivity index (χ3v) is 2.48. The molecule has 8 N–H and O–H groups in total. The fraction of sp³-hybridized carbons (Fsp3) is 0.800. The Bertz CT molecular complexity index is 304. The Hall–Kier alpha value is -1.26. The smallest absolute Gasteiger partial charge is 0.247 e. The highest BCUT2D eigenvalue weighted by Gasteiger charge is 2.30. The summed E-state index contributed by atoms with van der Waals surface area (Å²) in [7, 11) is 0. The molecule has 0 aliphatic rings. The van der Waals surface area contributed by atoms with Crippen molar-refractivity contribution >= 4 is 11.8 Å². The molecule has 0 aromatic carbocycles. The van der Waals surface area contributed by atoms with Gasteiger partial charge in [0.25, 0.3) is 0 Å². The van der Waals surface area contributed by atoms with Gasteiger partial charge in [0.2, 0.25) is 11.8 Å². The maximum absolute atomic E-state index is 11.6. The highest BCUT2D eigenvalue weighted by molar-refractivity contribution is 6.04. The van der Waals surface area contributed by atoms with Crippen molar-refractivity contribution < 1.29 is 30.0 Å². The standard InChI is InChI=1S/C10H21N3O6/c1-10(4-16,5-17)13-9(19)7(11)8(18)12-6(2-14)3-15/h6-7,14-17H,2-5,11H2,1H3,(H,12,18)(H,13,19). The van der Waals surface area contributed by atoms with E-state index >= 15 is 0 Å². The van der Waals surface area contributed by atoms with Crippen molar-refractivity contribution in [3.63, 3.8) is 0 Å². The number of nitrogens with one attached hydrogen (secondary N) is 2. The Balaban J connectivity index is 4.52. The van der Waals surface area contributed by atoms with Gasteiger partial charge in [0.05, 0.1) is 38.0 Å². The summed E-state index contributed by atoms with van der Waals surface area (Å²) < 4.78 is 0. The van der Waals surface area contributed by atoms with Crippen LogP contribution < -0.4 is 16.4 Å². The van der Waals surface area contributed by atoms with Crippen LogP contribution in [0.2, 0.25) is 0 Å². The molecular formula is C10H21N3O6. The van der Waals surface area contributed by atoms with Crippen LogP contribution in [0, 0.1) is 0 Å². The molecule has 0 aromatic heterocycles. The van der Waals surface area contributed by atoms with E-state index in [4.69, 9.17) is 26.2 Å². The molecule has 0 spiro atoms. The topological polar surface area (TPSA) is 165 Å². The fourth-order valence-corrected chi connectivity index (χ4v) is 1.06. The molecule has 0 radical (unpaired) electrons. The van der Waals surface area contributed by atoms with Gasteiger partial charge in [0.1, 0.15) is 0 Å². The minimum Gasteiger partial charge on any atom is -0.394 e. The second kappa shape index (κ2) is 8.02. The minimum atomic E-state index is -1.59. The first-order chi connectivity index (χ1) is 8.83. The van der Waals surface area contributed by atoms with Gasteiger partial charge in [0, 0.05) is 0 Å². The van der Waals surface area contributed by atoms with Gasteiger partial charge in [-0.1, -0.05) is 0 Å². The maximum Gasteiger partial charge on any atom is 0.247 e. The molecule has 0 bridgehead atoms. The van der Waals surface area contributed by atoms with Gasteiger partial charge in [-0.05, 0) is 6.92 Å². The zero-order valence-electron chi connectivity index (χ0n) is 10.7. The van der Waals surface area contributed by atoms with Gasteiger partial charge < -0.3 is 36.8 Å². The van der Waals surface area contributed by atoms with Crippen molar-refractivity contribution in [2.45, 2.75) is 24.5 Å². The Morgan fingerprint density at radius 1 is 1.11 bits per heavy atom. The van der Waals surface area contributed by atoms with Crippen LogP contribution in [0.15, 0.2) is 0 Å². The van der Waals surface area contributed by atoms with Crippen LogP contribution in [0.1, 0.15) is 6.92 Å². The van der Waals surface area contributed by atoms with Gasteiger partial charge in [-0.25, -0.2) is 0 Å². The van der Waals surface area contributed by atoms with Crippen molar-refractivity contribution in [1.82, 2.24) is 10.6 Å². The van der Waals surface area contributed by atoms with E-state index in [1.54, 1.807) is 0 Å². The number of carbonyl (C=O) groups is 2. The number of aliphatic hydroxyl groups is 4. The van der Waals surface area contributed by atoms with Crippen LogP contribution in [-0.2, 0) is 9.59 Å². The first-order valence-electron chi connectivity index (χ1n) is 5.65. The lowest BCUT2D eigenvalue weighted by Crippen LogP contribution is -2.60. The number of carbonyl (C=O) groups excluding carboxylic acids is 2. The second-order valence-electron chi connectivity index (χ2n) is 4.41. The van der Waals surface area contributed by atoms with Crippen molar-refractivity contribution in [2.24, 2.45) is 5.73 Å². The van der Waals surface area contributed by atoms with E-state index in [2.05, 4.69) is 10.6 Å². The molecule has 0 aliphatic carbocycles.